The molecule has 1 atom stereocenters. The topological polar surface area (TPSA) is 329 Å². The van der Waals surface area contributed by atoms with Crippen molar-refractivity contribution in [2.75, 3.05) is 48.6 Å². The minimum Gasteiger partial charge on any atom is -0.496 e. The van der Waals surface area contributed by atoms with E-state index in [1.54, 1.807) is 82.2 Å². The van der Waals surface area contributed by atoms with Crippen molar-refractivity contribution in [1.82, 2.24) is 59.8 Å². The average Bonchev–Trinajstić information content (AvgIpc) is 1.67. The number of ether oxygens (including phenoxy) is 2. The van der Waals surface area contributed by atoms with Gasteiger partial charge in [0.15, 0.2) is 34.9 Å². The molecule has 12 N–H and O–H groups in total. The Morgan fingerprint density at radius 1 is 0.268 bits per heavy atom. The van der Waals surface area contributed by atoms with E-state index in [-0.39, 0.29) is 5.92 Å². The number of hydrogen-bond acceptors (Lipinski definition) is 26. The van der Waals surface area contributed by atoms with Crippen LogP contribution in [0.4, 0.5) is 34.9 Å². The Morgan fingerprint density at radius 2 is 0.570 bits per heavy atom. The maximum absolute atomic E-state index is 6.23. The van der Waals surface area contributed by atoms with Gasteiger partial charge in [-0.2, -0.15) is 0 Å². The van der Waals surface area contributed by atoms with Gasteiger partial charge in [0.1, 0.15) is 75.4 Å². The molecule has 24 rings (SSSR count). The van der Waals surface area contributed by atoms with Crippen molar-refractivity contribution >= 4 is 164 Å². The second kappa shape index (κ2) is 46.9. The highest BCUT2D eigenvalue weighted by atomic mass is 32.1. The van der Waals surface area contributed by atoms with Gasteiger partial charge in [0.25, 0.3) is 0 Å². The van der Waals surface area contributed by atoms with Crippen molar-refractivity contribution in [3.63, 3.8) is 0 Å². The summed E-state index contributed by atoms with van der Waals surface area (Å²) >= 11 is 10.1. The Kier molecular flexibility index (Phi) is 31.6. The molecular formula is C123H104N18O2S6. The molecule has 0 aliphatic rings. The molecule has 149 heavy (non-hydrogen) atoms. The van der Waals surface area contributed by atoms with Crippen molar-refractivity contribution < 1.29 is 9.47 Å². The number of terminal acetylenes is 1. The fourth-order valence-corrected chi connectivity index (χ4v) is 23.6. The highest BCUT2D eigenvalue weighted by molar-refractivity contribution is 7.20. The SMILES string of the molecule is C#Cc1cccc(-c2nc(N)c3cc(C(C)c4ccccc4)sc3n2)c1.COc1ccccc1-c1nc(N)c2cc(Cc3ccccc3)sc2n1.COc1ccccc1Cc1cc2c(N)nc(-c3cccc(C)c3)nc2s1.Cc1cccc(-c2nc(N)c3cc(Cc4ccccc4)sc3n2)c1.Cc1cccc(-c2nc(N)c3cc(Cc4ccccc4)sc3n2)c1.Nc1nc(-c2ccccc2)nc2sc(CCc3ccccc3)cc12. The number of para-hydroxylation sites is 2. The molecule has 26 heteroatoms. The third kappa shape index (κ3) is 24.8. The zero-order valence-corrected chi connectivity index (χ0v) is 87.5. The Morgan fingerprint density at radius 3 is 0.973 bits per heavy atom. The van der Waals surface area contributed by atoms with Gasteiger partial charge in [0.2, 0.25) is 0 Å². The number of nitrogen functional groups attached to an aromatic ring is 6. The summed E-state index contributed by atoms with van der Waals surface area (Å²) in [5, 5.41) is 5.59. The lowest BCUT2D eigenvalue weighted by molar-refractivity contribution is 0.410. The first-order valence-electron chi connectivity index (χ1n) is 48.4. The largest absolute Gasteiger partial charge is 0.496 e. The van der Waals surface area contributed by atoms with Crippen molar-refractivity contribution in [1.29, 1.82) is 0 Å². The number of rotatable bonds is 21. The molecule has 0 bridgehead atoms. The van der Waals surface area contributed by atoms with Crippen LogP contribution >= 0.6 is 68.0 Å². The van der Waals surface area contributed by atoms with E-state index in [4.69, 9.17) is 80.2 Å². The number of nitrogens with two attached hydrogens (primary N) is 6. The van der Waals surface area contributed by atoms with Crippen LogP contribution < -0.4 is 43.9 Å². The third-order valence-corrected chi connectivity index (χ3v) is 31.2. The smallest absolute Gasteiger partial charge is 0.166 e. The van der Waals surface area contributed by atoms with Crippen molar-refractivity contribution in [3.8, 4) is 92.2 Å². The number of aromatic nitrogens is 12. The molecule has 0 saturated carbocycles. The van der Waals surface area contributed by atoms with Gasteiger partial charge in [-0.1, -0.05) is 309 Å². The molecule has 0 fully saturated rings. The quantitative estimate of drug-likeness (QED) is 0.0364. The summed E-state index contributed by atoms with van der Waals surface area (Å²) in [6.07, 6.45) is 10.9. The van der Waals surface area contributed by atoms with Gasteiger partial charge < -0.3 is 43.9 Å². The summed E-state index contributed by atoms with van der Waals surface area (Å²) in [5.41, 5.74) is 54.9. The molecule has 12 heterocycles. The summed E-state index contributed by atoms with van der Waals surface area (Å²) in [7, 11) is 3.34. The highest BCUT2D eigenvalue weighted by Gasteiger charge is 2.23. The lowest BCUT2D eigenvalue weighted by Gasteiger charge is -2.08. The van der Waals surface area contributed by atoms with E-state index < -0.39 is 0 Å². The number of anilines is 6. The molecule has 0 amide bonds. The number of hydrogen-bond donors (Lipinski definition) is 6. The molecule has 734 valence electrons. The predicted molar refractivity (Wildman–Crippen MR) is 624 cm³/mol. The average molecular weight is 2060 g/mol. The van der Waals surface area contributed by atoms with E-state index in [0.29, 0.717) is 69.9 Å². The summed E-state index contributed by atoms with van der Waals surface area (Å²) in [5.74, 6) is 11.7. The van der Waals surface area contributed by atoms with Gasteiger partial charge in [-0.15, -0.1) is 74.4 Å². The Labute approximate surface area is 888 Å². The van der Waals surface area contributed by atoms with E-state index >= 15 is 0 Å². The van der Waals surface area contributed by atoms with Crippen molar-refractivity contribution in [2.24, 2.45) is 0 Å². The van der Waals surface area contributed by atoms with Crippen LogP contribution in [0.1, 0.15) is 97.7 Å². The number of nitrogens with zero attached hydrogens (tertiary/aromatic N) is 12. The number of thiophene rings is 6. The van der Waals surface area contributed by atoms with Gasteiger partial charge in [-0.05, 0) is 152 Å². The van der Waals surface area contributed by atoms with E-state index in [2.05, 4.69) is 264 Å². The Balaban J connectivity index is 0.000000112. The second-order valence-electron chi connectivity index (χ2n) is 35.6. The van der Waals surface area contributed by atoms with Crippen LogP contribution in [0.5, 0.6) is 11.5 Å². The molecule has 0 saturated heterocycles. The van der Waals surface area contributed by atoms with Gasteiger partial charge in [0.05, 0.1) is 52.1 Å². The second-order valence-corrected chi connectivity index (χ2v) is 42.3. The predicted octanol–water partition coefficient (Wildman–Crippen LogP) is 28.9. The van der Waals surface area contributed by atoms with Gasteiger partial charge in [-0.3, -0.25) is 0 Å². The highest BCUT2D eigenvalue weighted by Crippen LogP contribution is 2.42. The van der Waals surface area contributed by atoms with Crippen LogP contribution in [0.25, 0.3) is 130 Å². The van der Waals surface area contributed by atoms with E-state index in [9.17, 15) is 0 Å². The number of methoxy groups -OCH3 is 2. The van der Waals surface area contributed by atoms with Crippen LogP contribution in [0, 0.1) is 33.1 Å². The third-order valence-electron chi connectivity index (χ3n) is 24.8. The summed E-state index contributed by atoms with van der Waals surface area (Å²) in [6, 6.07) is 123. The maximum atomic E-state index is 6.23. The normalized spacial score (nSPS) is 11.2. The zero-order chi connectivity index (χ0) is 103. The van der Waals surface area contributed by atoms with Gasteiger partial charge >= 0.3 is 0 Å². The molecular weight excluding hydrogens is 1950 g/mol. The fourth-order valence-electron chi connectivity index (χ4n) is 17.1. The Hall–Kier alpha value is -17.2. The summed E-state index contributed by atoms with van der Waals surface area (Å²) < 4.78 is 10.9. The zero-order valence-electron chi connectivity index (χ0n) is 82.6. The first-order valence-corrected chi connectivity index (χ1v) is 53.3. The lowest BCUT2D eigenvalue weighted by Crippen LogP contribution is -1.97. The monoisotopic (exact) mass is 2060 g/mol. The van der Waals surface area contributed by atoms with Crippen LogP contribution in [0.2, 0.25) is 0 Å². The minimum absolute atomic E-state index is 0.281. The molecule has 0 spiro atoms. The van der Waals surface area contributed by atoms with E-state index in [1.165, 1.54) is 73.8 Å². The summed E-state index contributed by atoms with van der Waals surface area (Å²) in [4.78, 5) is 68.4. The van der Waals surface area contributed by atoms with E-state index in [0.717, 1.165) is 156 Å². The van der Waals surface area contributed by atoms with Crippen molar-refractivity contribution in [2.45, 2.75) is 72.1 Å². The fraction of sp³-hybridized carbons (Fsp3) is 0.106. The molecule has 1 unspecified atom stereocenters. The maximum Gasteiger partial charge on any atom is 0.166 e. The molecule has 24 aromatic rings. The van der Waals surface area contributed by atoms with Gasteiger partial charge in [-0.25, -0.2) is 59.8 Å². The van der Waals surface area contributed by atoms with Crippen LogP contribution in [0.3, 0.4) is 0 Å². The molecule has 0 radical (unpaired) electrons. The first-order chi connectivity index (χ1) is 72.7. The standard InChI is InChI=1S/C22H17N3S.C21H19N3OS.C20H17N3OS.3C20H17N3S/c1-3-15-8-7-11-17(12-15)21-24-20(23)18-13-19(26-22(18)25-21)14(2)16-9-5-4-6-10-16;1-13-6-5-8-15(10-13)20-23-19(22)17-12-16(26-21(17)24-20)11-14-7-3-4-9-18(14)25-2;1-24-17-10-6-5-9-15(17)19-22-18(21)16-12-14(25-20(16)23-19)11-13-7-3-2-4-8-13;2*1-13-6-5-9-15(10-13)19-22-18(21)17-12-16(24-20(17)23-19)11-14-7-3-2-4-8-14;21-18-17-13-16(12-11-14-7-3-1-4-8-14)24-20(17)23-19(22-18)15-9-5-2-6-10-15/h1,4-14H,2H3,(H2,23,24,25);3-10,12H,11H2,1-2H3,(H2,22,23,24);2-10,12H,11H2,1H3,(H2,21,22,23);2*2-10,12H,11H2,1H3,(H2,21,22,23);1-10,13H,11-12H2,(H2,21,22,23). The molecule has 20 nitrogen and oxygen atoms in total. The van der Waals surface area contributed by atoms with Crippen LogP contribution in [0.15, 0.2) is 364 Å². The molecule has 0 aliphatic carbocycles. The number of aryl methyl sites for hydroxylation is 5. The van der Waals surface area contributed by atoms with Crippen molar-refractivity contribution in [3.05, 3.63) is 449 Å². The number of benzene rings is 12. The molecule has 12 aromatic carbocycles. The Bertz CT molecular complexity index is 8700. The first kappa shape index (κ1) is 101. The van der Waals surface area contributed by atoms with Crippen LogP contribution in [-0.4, -0.2) is 74.0 Å². The molecule has 12 aromatic heterocycles. The lowest BCUT2D eigenvalue weighted by atomic mass is 9.99. The van der Waals surface area contributed by atoms with Gasteiger partial charge in [0, 0.05) is 94.2 Å². The van der Waals surface area contributed by atoms with Crippen LogP contribution in [-0.2, 0) is 38.5 Å². The number of fused-ring (bicyclic) bond motifs is 6. The minimum atomic E-state index is 0.281. The summed E-state index contributed by atoms with van der Waals surface area (Å²) in [6.45, 7) is 8.38. The van der Waals surface area contributed by atoms with E-state index in [1.807, 2.05) is 164 Å². The molecule has 0 aliphatic heterocycles.